The average molecular weight is 258 g/mol. The fourth-order valence-electron chi connectivity index (χ4n) is 2.17. The third-order valence-corrected chi connectivity index (χ3v) is 4.19. The monoisotopic (exact) mass is 258 g/mol. The Hall–Kier alpha value is -1.19. The van der Waals surface area contributed by atoms with Gasteiger partial charge in [-0.05, 0) is 36.8 Å². The first-order valence-electron chi connectivity index (χ1n) is 6.52. The van der Waals surface area contributed by atoms with Crippen molar-refractivity contribution in [1.29, 1.82) is 0 Å². The largest absolute Gasteiger partial charge is 0.306 e. The maximum atomic E-state index is 4.36. The summed E-state index contributed by atoms with van der Waals surface area (Å²) in [7, 11) is 0. The Kier molecular flexibility index (Phi) is 3.43. The van der Waals surface area contributed by atoms with Gasteiger partial charge in [-0.2, -0.15) is 0 Å². The quantitative estimate of drug-likeness (QED) is 0.886. The first kappa shape index (κ1) is 11.9. The molecule has 0 saturated heterocycles. The summed E-state index contributed by atoms with van der Waals surface area (Å²) in [6.45, 7) is 3.89. The van der Waals surface area contributed by atoms with E-state index in [0.717, 1.165) is 19.0 Å². The van der Waals surface area contributed by atoms with Crippen molar-refractivity contribution in [2.45, 2.75) is 38.8 Å². The fraction of sp³-hybridized carbons (Fsp3) is 0.400. The molecule has 0 amide bonds. The lowest BCUT2D eigenvalue weighted by molar-refractivity contribution is 0.689. The summed E-state index contributed by atoms with van der Waals surface area (Å²) >= 11 is 1.77. The molecule has 0 unspecified atom stereocenters. The number of hydrogen-bond donors (Lipinski definition) is 1. The van der Waals surface area contributed by atoms with Gasteiger partial charge in [-0.15, -0.1) is 11.3 Å². The van der Waals surface area contributed by atoms with Crippen molar-refractivity contribution in [2.24, 2.45) is 0 Å². The highest BCUT2D eigenvalue weighted by atomic mass is 32.1. The second-order valence-electron chi connectivity index (χ2n) is 4.99. The van der Waals surface area contributed by atoms with Crippen molar-refractivity contribution in [1.82, 2.24) is 10.3 Å². The van der Waals surface area contributed by atoms with Crippen LogP contribution in [-0.4, -0.2) is 4.98 Å². The van der Waals surface area contributed by atoms with E-state index in [-0.39, 0.29) is 0 Å². The summed E-state index contributed by atoms with van der Waals surface area (Å²) in [6, 6.07) is 8.98. The van der Waals surface area contributed by atoms with Crippen molar-refractivity contribution < 1.29 is 0 Å². The average Bonchev–Trinajstić information content (AvgIpc) is 3.14. The van der Waals surface area contributed by atoms with Crippen LogP contribution in [0.2, 0.25) is 0 Å². The van der Waals surface area contributed by atoms with Gasteiger partial charge in [0.2, 0.25) is 0 Å². The molecule has 0 radical (unpaired) electrons. The topological polar surface area (TPSA) is 24.9 Å². The van der Waals surface area contributed by atoms with Crippen molar-refractivity contribution in [3.05, 3.63) is 51.5 Å². The van der Waals surface area contributed by atoms with Crippen LogP contribution in [0.15, 0.2) is 30.5 Å². The Morgan fingerprint density at radius 1 is 1.33 bits per heavy atom. The first-order valence-corrected chi connectivity index (χ1v) is 7.34. The van der Waals surface area contributed by atoms with Gasteiger partial charge in [-0.3, -0.25) is 0 Å². The standard InChI is InChI=1S/C15H18N2S/c1-11-8-17-15(18-11)10-16-9-12-3-2-4-14(7-12)13-5-6-13/h2-4,7-8,13,16H,5-6,9-10H2,1H3. The number of aryl methyl sites for hydroxylation is 1. The van der Waals surface area contributed by atoms with E-state index in [2.05, 4.69) is 41.5 Å². The second-order valence-corrected chi connectivity index (χ2v) is 6.31. The van der Waals surface area contributed by atoms with E-state index in [9.17, 15) is 0 Å². The highest BCUT2D eigenvalue weighted by Crippen LogP contribution is 2.40. The summed E-state index contributed by atoms with van der Waals surface area (Å²) in [6.07, 6.45) is 4.68. The van der Waals surface area contributed by atoms with E-state index in [1.165, 1.54) is 33.9 Å². The van der Waals surface area contributed by atoms with Crippen molar-refractivity contribution in [3.8, 4) is 0 Å². The summed E-state index contributed by atoms with van der Waals surface area (Å²) in [5.41, 5.74) is 2.90. The van der Waals surface area contributed by atoms with Crippen LogP contribution in [0.5, 0.6) is 0 Å². The number of nitrogens with one attached hydrogen (secondary N) is 1. The number of benzene rings is 1. The van der Waals surface area contributed by atoms with Gasteiger partial charge in [0, 0.05) is 24.2 Å². The van der Waals surface area contributed by atoms with Crippen LogP contribution in [0.4, 0.5) is 0 Å². The van der Waals surface area contributed by atoms with E-state index >= 15 is 0 Å². The molecule has 1 aromatic heterocycles. The molecule has 1 aliphatic carbocycles. The Balaban J connectivity index is 1.54. The van der Waals surface area contributed by atoms with Gasteiger partial charge >= 0.3 is 0 Å². The van der Waals surface area contributed by atoms with Crippen LogP contribution in [-0.2, 0) is 13.1 Å². The third-order valence-electron chi connectivity index (χ3n) is 3.27. The fourth-order valence-corrected chi connectivity index (χ4v) is 2.93. The van der Waals surface area contributed by atoms with E-state index in [1.807, 2.05) is 6.20 Å². The molecule has 1 N–H and O–H groups in total. The number of thiazole rings is 1. The van der Waals surface area contributed by atoms with Crippen molar-refractivity contribution >= 4 is 11.3 Å². The summed E-state index contributed by atoms with van der Waals surface area (Å²) in [4.78, 5) is 5.64. The Labute approximate surface area is 112 Å². The van der Waals surface area contributed by atoms with Gasteiger partial charge in [-0.25, -0.2) is 4.98 Å². The van der Waals surface area contributed by atoms with Gasteiger partial charge in [0.25, 0.3) is 0 Å². The van der Waals surface area contributed by atoms with Crippen LogP contribution >= 0.6 is 11.3 Å². The van der Waals surface area contributed by atoms with Crippen LogP contribution < -0.4 is 5.32 Å². The Bertz CT molecular complexity index is 529. The first-order chi connectivity index (χ1) is 8.81. The smallest absolute Gasteiger partial charge is 0.107 e. The zero-order chi connectivity index (χ0) is 12.4. The third kappa shape index (κ3) is 2.98. The molecule has 1 aliphatic rings. The molecule has 1 fully saturated rings. The lowest BCUT2D eigenvalue weighted by Gasteiger charge is -2.05. The molecule has 0 atom stereocenters. The lowest BCUT2D eigenvalue weighted by Crippen LogP contribution is -2.12. The van der Waals surface area contributed by atoms with Gasteiger partial charge in [0.15, 0.2) is 0 Å². The van der Waals surface area contributed by atoms with Gasteiger partial charge in [-0.1, -0.05) is 24.3 Å². The molecule has 2 nitrogen and oxygen atoms in total. The summed E-state index contributed by atoms with van der Waals surface area (Å²) in [5.74, 6) is 0.839. The molecule has 2 aromatic rings. The van der Waals surface area contributed by atoms with E-state index in [1.54, 1.807) is 11.3 Å². The van der Waals surface area contributed by atoms with E-state index in [4.69, 9.17) is 0 Å². The minimum absolute atomic E-state index is 0.839. The van der Waals surface area contributed by atoms with Gasteiger partial charge in [0.1, 0.15) is 5.01 Å². The molecule has 18 heavy (non-hydrogen) atoms. The minimum Gasteiger partial charge on any atom is -0.306 e. The summed E-state index contributed by atoms with van der Waals surface area (Å²) in [5, 5.41) is 4.64. The molecule has 1 heterocycles. The maximum absolute atomic E-state index is 4.36. The highest BCUT2D eigenvalue weighted by molar-refractivity contribution is 7.11. The zero-order valence-corrected chi connectivity index (χ0v) is 11.5. The number of nitrogens with zero attached hydrogens (tertiary/aromatic N) is 1. The SMILES string of the molecule is Cc1cnc(CNCc2cccc(C3CC3)c2)s1. The zero-order valence-electron chi connectivity index (χ0n) is 10.6. The van der Waals surface area contributed by atoms with Crippen molar-refractivity contribution in [3.63, 3.8) is 0 Å². The molecular weight excluding hydrogens is 240 g/mol. The molecule has 3 rings (SSSR count). The molecular formula is C15H18N2S. The van der Waals surface area contributed by atoms with Gasteiger partial charge < -0.3 is 5.32 Å². The highest BCUT2D eigenvalue weighted by Gasteiger charge is 2.23. The molecule has 0 aliphatic heterocycles. The normalized spacial score (nSPS) is 14.9. The minimum atomic E-state index is 0.839. The molecule has 3 heteroatoms. The summed E-state index contributed by atoms with van der Waals surface area (Å²) < 4.78 is 0. The van der Waals surface area contributed by atoms with Crippen molar-refractivity contribution in [2.75, 3.05) is 0 Å². The second kappa shape index (κ2) is 5.21. The Morgan fingerprint density at radius 2 is 2.22 bits per heavy atom. The number of aromatic nitrogens is 1. The molecule has 94 valence electrons. The molecule has 1 saturated carbocycles. The van der Waals surface area contributed by atoms with E-state index < -0.39 is 0 Å². The molecule has 0 spiro atoms. The molecule has 0 bridgehead atoms. The van der Waals surface area contributed by atoms with E-state index in [0.29, 0.717) is 0 Å². The Morgan fingerprint density at radius 3 is 2.94 bits per heavy atom. The van der Waals surface area contributed by atoms with Gasteiger partial charge in [0.05, 0.1) is 0 Å². The lowest BCUT2D eigenvalue weighted by atomic mass is 10.1. The maximum Gasteiger partial charge on any atom is 0.107 e. The predicted octanol–water partition coefficient (Wildman–Crippen LogP) is 3.62. The number of hydrogen-bond acceptors (Lipinski definition) is 3. The van der Waals surface area contributed by atoms with Crippen LogP contribution in [0, 0.1) is 6.92 Å². The van der Waals surface area contributed by atoms with Crippen LogP contribution in [0.3, 0.4) is 0 Å². The number of rotatable bonds is 5. The predicted molar refractivity (Wildman–Crippen MR) is 75.8 cm³/mol. The van der Waals surface area contributed by atoms with Crippen LogP contribution in [0.1, 0.15) is 39.8 Å². The molecule has 1 aromatic carbocycles. The van der Waals surface area contributed by atoms with Crippen LogP contribution in [0.25, 0.3) is 0 Å².